The number of phenols is 4. The molecule has 1 aliphatic heterocycles. The van der Waals surface area contributed by atoms with Crippen molar-refractivity contribution in [1.29, 1.82) is 0 Å². The summed E-state index contributed by atoms with van der Waals surface area (Å²) >= 11 is 0. The van der Waals surface area contributed by atoms with E-state index in [1.165, 1.54) is 51.7 Å². The van der Waals surface area contributed by atoms with Gasteiger partial charge in [-0.15, -0.1) is 0 Å². The number of methoxy groups -OCH3 is 3. The van der Waals surface area contributed by atoms with Crippen LogP contribution in [-0.4, -0.2) is 112 Å². The average molecular weight is 729 g/mol. The highest BCUT2D eigenvalue weighted by molar-refractivity contribution is 5.87. The van der Waals surface area contributed by atoms with Crippen LogP contribution in [0, 0.1) is 0 Å². The number of aromatic hydroxyl groups is 4. The van der Waals surface area contributed by atoms with Gasteiger partial charge < -0.3 is 64.2 Å². The van der Waals surface area contributed by atoms with E-state index in [9.17, 15) is 45.3 Å². The summed E-state index contributed by atoms with van der Waals surface area (Å²) in [7, 11) is 4.36. The highest BCUT2D eigenvalue weighted by Gasteiger charge is 2.45. The van der Waals surface area contributed by atoms with Gasteiger partial charge in [0.1, 0.15) is 36.8 Å². The molecule has 3 aromatic carbocycles. The molecule has 0 aliphatic carbocycles. The van der Waals surface area contributed by atoms with Crippen molar-refractivity contribution in [2.75, 3.05) is 27.9 Å². The highest BCUT2D eigenvalue weighted by atomic mass is 16.7. The number of esters is 1. The molecule has 15 nitrogen and oxygen atoms in total. The smallest absolute Gasteiger partial charge is 0.330 e. The van der Waals surface area contributed by atoms with Crippen LogP contribution in [0.25, 0.3) is 6.08 Å². The standard InChI is InChI=1S/C37H44O15/c1-47-29-16-22(17-30(48-2)36(29)49-3)8-13-32(43)50-19-31-33(44)34(45)35(46)37(52-31)51-24(10-5-21-7-12-26(40)28(42)15-21)18-23(38)9-4-20-6-11-25(39)27(41)14-20/h6-8,11-17,24,31,33-35,37,39-42,44-46H,4-5,9-10,18-19H2,1-3H3. The lowest BCUT2D eigenvalue weighted by molar-refractivity contribution is -0.311. The molecule has 1 fully saturated rings. The van der Waals surface area contributed by atoms with Gasteiger partial charge in [0.2, 0.25) is 5.75 Å². The van der Waals surface area contributed by atoms with E-state index in [4.69, 9.17) is 28.4 Å². The van der Waals surface area contributed by atoms with Gasteiger partial charge >= 0.3 is 5.97 Å². The number of carbonyl (C=O) groups is 2. The van der Waals surface area contributed by atoms with Crippen LogP contribution in [0.1, 0.15) is 36.0 Å². The summed E-state index contributed by atoms with van der Waals surface area (Å²) in [5, 5.41) is 71.0. The van der Waals surface area contributed by atoms with Crippen molar-refractivity contribution in [3.63, 3.8) is 0 Å². The maximum absolute atomic E-state index is 13.1. The number of Topliss-reactive ketones (excluding diaryl/α,β-unsaturated/α-hetero) is 1. The van der Waals surface area contributed by atoms with Crippen molar-refractivity contribution in [2.45, 2.75) is 68.9 Å². The molecule has 0 saturated carbocycles. The van der Waals surface area contributed by atoms with Crippen LogP contribution in [-0.2, 0) is 36.6 Å². The van der Waals surface area contributed by atoms with E-state index in [-0.39, 0.29) is 60.9 Å². The highest BCUT2D eigenvalue weighted by Crippen LogP contribution is 2.38. The molecule has 0 amide bonds. The number of aryl methyl sites for hydroxylation is 2. The molecule has 1 heterocycles. The SMILES string of the molecule is COc1cc(C=CC(=O)OCC2OC(OC(CCc3ccc(O)c(O)c3)CC(=O)CCc3ccc(O)c(O)c3)C(O)C(O)C2O)cc(OC)c1OC. The summed E-state index contributed by atoms with van der Waals surface area (Å²) in [6.07, 6.45) is -5.79. The molecule has 15 heteroatoms. The van der Waals surface area contributed by atoms with Crippen molar-refractivity contribution in [3.8, 4) is 40.2 Å². The number of hydrogen-bond acceptors (Lipinski definition) is 15. The zero-order chi connectivity index (χ0) is 37.9. The number of aliphatic hydroxyl groups is 3. The maximum Gasteiger partial charge on any atom is 0.330 e. The second kappa shape index (κ2) is 18.4. The van der Waals surface area contributed by atoms with Crippen molar-refractivity contribution >= 4 is 17.8 Å². The number of hydrogen-bond donors (Lipinski definition) is 7. The van der Waals surface area contributed by atoms with Gasteiger partial charge in [0, 0.05) is 18.9 Å². The Kier molecular flexibility index (Phi) is 14.1. The quantitative estimate of drug-likeness (QED) is 0.0602. The fourth-order valence-electron chi connectivity index (χ4n) is 5.57. The van der Waals surface area contributed by atoms with Crippen molar-refractivity contribution in [1.82, 2.24) is 0 Å². The van der Waals surface area contributed by atoms with Crippen LogP contribution < -0.4 is 14.2 Å². The Labute approximate surface area is 299 Å². The van der Waals surface area contributed by atoms with Gasteiger partial charge in [-0.25, -0.2) is 4.79 Å². The average Bonchev–Trinajstić information content (AvgIpc) is 3.13. The minimum Gasteiger partial charge on any atom is -0.504 e. The normalized spacial score (nSPS) is 20.7. The minimum atomic E-state index is -1.76. The Bertz CT molecular complexity index is 1680. The number of benzene rings is 3. The predicted octanol–water partition coefficient (Wildman–Crippen LogP) is 2.51. The van der Waals surface area contributed by atoms with Gasteiger partial charge in [0.15, 0.2) is 40.8 Å². The van der Waals surface area contributed by atoms with E-state index in [0.29, 0.717) is 33.9 Å². The fourth-order valence-corrected chi connectivity index (χ4v) is 5.57. The number of ether oxygens (including phenoxy) is 6. The number of ketones is 1. The first-order chi connectivity index (χ1) is 24.8. The molecule has 1 saturated heterocycles. The Balaban J connectivity index is 1.42. The van der Waals surface area contributed by atoms with Crippen LogP contribution in [0.15, 0.2) is 54.6 Å². The molecule has 6 unspecified atom stereocenters. The number of rotatable bonds is 17. The van der Waals surface area contributed by atoms with Crippen LogP contribution in [0.3, 0.4) is 0 Å². The molecular weight excluding hydrogens is 684 g/mol. The lowest BCUT2D eigenvalue weighted by Crippen LogP contribution is -2.60. The molecule has 1 aliphatic rings. The Morgan fingerprint density at radius 2 is 1.37 bits per heavy atom. The summed E-state index contributed by atoms with van der Waals surface area (Å²) < 4.78 is 33.0. The van der Waals surface area contributed by atoms with E-state index < -0.39 is 49.4 Å². The zero-order valence-electron chi connectivity index (χ0n) is 28.9. The molecule has 0 aromatic heterocycles. The molecule has 4 rings (SSSR count). The lowest BCUT2D eigenvalue weighted by Gasteiger charge is -2.41. The van der Waals surface area contributed by atoms with E-state index in [2.05, 4.69) is 0 Å². The topological polar surface area (TPSA) is 231 Å². The lowest BCUT2D eigenvalue weighted by atomic mass is 9.97. The third kappa shape index (κ3) is 10.5. The summed E-state index contributed by atoms with van der Waals surface area (Å²) in [5.41, 5.74) is 1.75. The van der Waals surface area contributed by atoms with Crippen LogP contribution in [0.5, 0.6) is 40.2 Å². The number of aliphatic hydroxyl groups excluding tert-OH is 3. The van der Waals surface area contributed by atoms with E-state index in [1.807, 2.05) is 0 Å². The maximum atomic E-state index is 13.1. The molecule has 282 valence electrons. The third-order valence-corrected chi connectivity index (χ3v) is 8.47. The van der Waals surface area contributed by atoms with E-state index in [1.54, 1.807) is 24.3 Å². The molecule has 7 N–H and O–H groups in total. The molecule has 52 heavy (non-hydrogen) atoms. The van der Waals surface area contributed by atoms with Gasteiger partial charge in [-0.05, 0) is 78.4 Å². The summed E-state index contributed by atoms with van der Waals surface area (Å²) in [6.45, 7) is -0.529. The second-order valence-electron chi connectivity index (χ2n) is 12.1. The monoisotopic (exact) mass is 728 g/mol. The molecule has 6 atom stereocenters. The fraction of sp³-hybridized carbons (Fsp3) is 0.405. The van der Waals surface area contributed by atoms with Gasteiger partial charge in [-0.1, -0.05) is 12.1 Å². The second-order valence-corrected chi connectivity index (χ2v) is 12.1. The largest absolute Gasteiger partial charge is 0.504 e. The number of carbonyl (C=O) groups excluding carboxylic acids is 2. The third-order valence-electron chi connectivity index (χ3n) is 8.47. The van der Waals surface area contributed by atoms with Gasteiger partial charge in [-0.2, -0.15) is 0 Å². The molecule has 0 radical (unpaired) electrons. The first-order valence-corrected chi connectivity index (χ1v) is 16.4. The summed E-state index contributed by atoms with van der Waals surface area (Å²) in [6, 6.07) is 11.7. The van der Waals surface area contributed by atoms with Gasteiger partial charge in [0.25, 0.3) is 0 Å². The molecular formula is C37H44O15. The van der Waals surface area contributed by atoms with Crippen LogP contribution in [0.4, 0.5) is 0 Å². The van der Waals surface area contributed by atoms with Gasteiger partial charge in [0.05, 0.1) is 27.4 Å². The van der Waals surface area contributed by atoms with Crippen LogP contribution in [0.2, 0.25) is 0 Å². The van der Waals surface area contributed by atoms with Crippen LogP contribution >= 0.6 is 0 Å². The summed E-state index contributed by atoms with van der Waals surface area (Å²) in [5.74, 6) is -1.20. The number of phenolic OH excluding ortho intramolecular Hbond substituents is 4. The minimum absolute atomic E-state index is 0.0433. The van der Waals surface area contributed by atoms with Crippen molar-refractivity contribution in [2.24, 2.45) is 0 Å². The van der Waals surface area contributed by atoms with E-state index >= 15 is 0 Å². The Morgan fingerprint density at radius 1 is 0.769 bits per heavy atom. The first kappa shape index (κ1) is 39.7. The Morgan fingerprint density at radius 3 is 1.92 bits per heavy atom. The summed E-state index contributed by atoms with van der Waals surface area (Å²) in [4.78, 5) is 25.7. The van der Waals surface area contributed by atoms with E-state index in [0.717, 1.165) is 6.08 Å². The molecule has 3 aromatic rings. The first-order valence-electron chi connectivity index (χ1n) is 16.4. The van der Waals surface area contributed by atoms with Crippen molar-refractivity contribution in [3.05, 3.63) is 71.3 Å². The molecule has 0 spiro atoms. The van der Waals surface area contributed by atoms with Crippen molar-refractivity contribution < 1.29 is 73.8 Å². The molecule has 0 bridgehead atoms. The predicted molar refractivity (Wildman–Crippen MR) is 183 cm³/mol. The zero-order valence-corrected chi connectivity index (χ0v) is 28.9. The Hall–Kier alpha value is -5.06. The van der Waals surface area contributed by atoms with Gasteiger partial charge in [-0.3, -0.25) is 4.79 Å².